The highest BCUT2D eigenvalue weighted by molar-refractivity contribution is 7.89. The van der Waals surface area contributed by atoms with E-state index in [1.54, 1.807) is 12.1 Å². The average molecular weight is 457 g/mol. The van der Waals surface area contributed by atoms with Gasteiger partial charge < -0.3 is 9.64 Å². The van der Waals surface area contributed by atoms with Gasteiger partial charge in [0.15, 0.2) is 0 Å². The van der Waals surface area contributed by atoms with Crippen molar-refractivity contribution in [1.82, 2.24) is 14.2 Å². The van der Waals surface area contributed by atoms with E-state index in [9.17, 15) is 26.4 Å². The summed E-state index contributed by atoms with van der Waals surface area (Å²) in [6, 6.07) is 8.66. The van der Waals surface area contributed by atoms with Crippen LogP contribution in [0.1, 0.15) is 18.4 Å². The maximum Gasteiger partial charge on any atom is 0.573 e. The summed E-state index contributed by atoms with van der Waals surface area (Å²) in [5, 5.41) is 0. The Kier molecular flexibility index (Phi) is 6.85. The number of hydrogen-bond acceptors (Lipinski definition) is 5. The van der Waals surface area contributed by atoms with Gasteiger partial charge in [0, 0.05) is 50.6 Å². The molecule has 0 aliphatic carbocycles. The second-order valence-electron chi connectivity index (χ2n) is 7.22. The highest BCUT2D eigenvalue weighted by Gasteiger charge is 2.34. The lowest BCUT2D eigenvalue weighted by Gasteiger charge is -2.32. The number of pyridine rings is 1. The number of para-hydroxylation sites is 1. The molecule has 11 heteroatoms. The van der Waals surface area contributed by atoms with Gasteiger partial charge in [-0.15, -0.1) is 13.2 Å². The largest absolute Gasteiger partial charge is 0.573 e. The predicted molar refractivity (Wildman–Crippen MR) is 105 cm³/mol. The molecule has 1 aromatic heterocycles. The van der Waals surface area contributed by atoms with Crippen LogP contribution >= 0.6 is 0 Å². The average Bonchev–Trinajstić information content (AvgIpc) is 2.74. The van der Waals surface area contributed by atoms with Crippen molar-refractivity contribution in [3.8, 4) is 5.75 Å². The predicted octanol–water partition coefficient (Wildman–Crippen LogP) is 3.04. The SMILES string of the molecule is CN(Cc1ccccc1OC(F)(F)F)C(=O)C1CCN(S(=O)(=O)c2cccnc2)CC1. The summed E-state index contributed by atoms with van der Waals surface area (Å²) in [5.41, 5.74) is 0.229. The number of nitrogens with zero attached hydrogens (tertiary/aromatic N) is 3. The van der Waals surface area contributed by atoms with Crippen molar-refractivity contribution >= 4 is 15.9 Å². The first-order valence-electron chi connectivity index (χ1n) is 9.57. The van der Waals surface area contributed by atoms with Crippen molar-refractivity contribution in [2.75, 3.05) is 20.1 Å². The minimum atomic E-state index is -4.83. The smallest absolute Gasteiger partial charge is 0.405 e. The summed E-state index contributed by atoms with van der Waals surface area (Å²) in [4.78, 5) is 18.1. The van der Waals surface area contributed by atoms with Gasteiger partial charge in [0.1, 0.15) is 10.6 Å². The molecule has 0 spiro atoms. The third-order valence-corrected chi connectivity index (χ3v) is 6.94. The molecular formula is C20H22F3N3O4S. The number of sulfonamides is 1. The quantitative estimate of drug-likeness (QED) is 0.666. The van der Waals surface area contributed by atoms with Crippen molar-refractivity contribution in [3.05, 3.63) is 54.4 Å². The molecule has 2 aromatic rings. The van der Waals surface area contributed by atoms with Crippen LogP contribution in [0.4, 0.5) is 13.2 Å². The number of ether oxygens (including phenoxy) is 1. The van der Waals surface area contributed by atoms with Gasteiger partial charge in [-0.3, -0.25) is 9.78 Å². The molecule has 1 aromatic carbocycles. The van der Waals surface area contributed by atoms with E-state index in [-0.39, 0.29) is 41.7 Å². The highest BCUT2D eigenvalue weighted by Crippen LogP contribution is 2.29. The molecule has 31 heavy (non-hydrogen) atoms. The third kappa shape index (κ3) is 5.73. The van der Waals surface area contributed by atoms with Gasteiger partial charge in [-0.25, -0.2) is 8.42 Å². The number of benzene rings is 1. The maximum absolute atomic E-state index is 12.8. The van der Waals surface area contributed by atoms with Crippen LogP contribution in [0, 0.1) is 5.92 Å². The zero-order valence-corrected chi connectivity index (χ0v) is 17.6. The van der Waals surface area contributed by atoms with Crippen LogP contribution < -0.4 is 4.74 Å². The van der Waals surface area contributed by atoms with E-state index in [0.29, 0.717) is 12.8 Å². The van der Waals surface area contributed by atoms with Crippen LogP contribution in [-0.2, 0) is 21.4 Å². The number of alkyl halides is 3. The Balaban J connectivity index is 1.61. The summed E-state index contributed by atoms with van der Waals surface area (Å²) in [7, 11) is -2.17. The molecule has 3 rings (SSSR count). The number of halogens is 3. The molecule has 1 aliphatic heterocycles. The number of amides is 1. The second-order valence-corrected chi connectivity index (χ2v) is 9.15. The Hall–Kier alpha value is -2.66. The van der Waals surface area contributed by atoms with Crippen LogP contribution in [0.15, 0.2) is 53.7 Å². The van der Waals surface area contributed by atoms with Gasteiger partial charge >= 0.3 is 6.36 Å². The summed E-state index contributed by atoms with van der Waals surface area (Å²) in [6.45, 7) is 0.295. The van der Waals surface area contributed by atoms with Crippen LogP contribution in [-0.4, -0.2) is 55.0 Å². The first kappa shape index (κ1) is 23.0. The summed E-state index contributed by atoms with van der Waals surface area (Å²) in [6.07, 6.45) is -1.42. The molecular weight excluding hydrogens is 435 g/mol. The highest BCUT2D eigenvalue weighted by atomic mass is 32.2. The molecule has 168 valence electrons. The molecule has 1 saturated heterocycles. The van der Waals surface area contributed by atoms with Gasteiger partial charge in [0.25, 0.3) is 0 Å². The fourth-order valence-corrected chi connectivity index (χ4v) is 4.93. The lowest BCUT2D eigenvalue weighted by molar-refractivity contribution is -0.275. The molecule has 1 aliphatic rings. The van der Waals surface area contributed by atoms with Gasteiger partial charge in [-0.05, 0) is 31.0 Å². The number of rotatable bonds is 6. The van der Waals surface area contributed by atoms with E-state index in [4.69, 9.17) is 0 Å². The number of aromatic nitrogens is 1. The van der Waals surface area contributed by atoms with Crippen LogP contribution in [0.25, 0.3) is 0 Å². The zero-order chi connectivity index (χ0) is 22.6. The summed E-state index contributed by atoms with van der Waals surface area (Å²) >= 11 is 0. The van der Waals surface area contributed by atoms with E-state index < -0.39 is 22.3 Å². The summed E-state index contributed by atoms with van der Waals surface area (Å²) in [5.74, 6) is -1.02. The van der Waals surface area contributed by atoms with Crippen molar-refractivity contribution < 1.29 is 31.1 Å². The van der Waals surface area contributed by atoms with Crippen molar-refractivity contribution in [3.63, 3.8) is 0 Å². The van der Waals surface area contributed by atoms with E-state index >= 15 is 0 Å². The minimum absolute atomic E-state index is 0.0563. The molecule has 0 unspecified atom stereocenters. The minimum Gasteiger partial charge on any atom is -0.405 e. The Morgan fingerprint density at radius 1 is 1.19 bits per heavy atom. The van der Waals surface area contributed by atoms with E-state index in [0.717, 1.165) is 0 Å². The zero-order valence-electron chi connectivity index (χ0n) is 16.7. The summed E-state index contributed by atoms with van der Waals surface area (Å²) < 4.78 is 68.5. The topological polar surface area (TPSA) is 79.8 Å². The van der Waals surface area contributed by atoms with Gasteiger partial charge in [0.05, 0.1) is 0 Å². The van der Waals surface area contributed by atoms with Crippen molar-refractivity contribution in [2.24, 2.45) is 5.92 Å². The van der Waals surface area contributed by atoms with Gasteiger partial charge in [-0.1, -0.05) is 18.2 Å². The van der Waals surface area contributed by atoms with E-state index in [2.05, 4.69) is 9.72 Å². The Morgan fingerprint density at radius 2 is 1.87 bits per heavy atom. The molecule has 2 heterocycles. The molecule has 0 saturated carbocycles. The fraction of sp³-hybridized carbons (Fsp3) is 0.400. The lowest BCUT2D eigenvalue weighted by Crippen LogP contribution is -2.43. The Labute approximate surface area is 178 Å². The van der Waals surface area contributed by atoms with Crippen LogP contribution in [0.2, 0.25) is 0 Å². The second kappa shape index (κ2) is 9.23. The first-order valence-corrected chi connectivity index (χ1v) is 11.0. The lowest BCUT2D eigenvalue weighted by atomic mass is 9.96. The number of carbonyl (C=O) groups excluding carboxylic acids is 1. The van der Waals surface area contributed by atoms with Crippen molar-refractivity contribution in [2.45, 2.75) is 30.6 Å². The molecule has 0 radical (unpaired) electrons. The van der Waals surface area contributed by atoms with Crippen LogP contribution in [0.5, 0.6) is 5.75 Å². The van der Waals surface area contributed by atoms with Gasteiger partial charge in [-0.2, -0.15) is 4.31 Å². The molecule has 7 nitrogen and oxygen atoms in total. The van der Waals surface area contributed by atoms with Crippen LogP contribution in [0.3, 0.4) is 0 Å². The number of piperidine rings is 1. The monoisotopic (exact) mass is 457 g/mol. The molecule has 1 amide bonds. The standard InChI is InChI=1S/C20H22F3N3O4S/c1-25(14-16-5-2-3-7-18(16)30-20(21,22)23)19(27)15-8-11-26(12-9-15)31(28,29)17-6-4-10-24-13-17/h2-7,10,13,15H,8-9,11-12,14H2,1H3. The molecule has 0 atom stereocenters. The normalized spacial score (nSPS) is 16.1. The fourth-order valence-electron chi connectivity index (χ4n) is 3.50. The van der Waals surface area contributed by atoms with E-state index in [1.165, 1.54) is 52.9 Å². The van der Waals surface area contributed by atoms with Crippen molar-refractivity contribution in [1.29, 1.82) is 0 Å². The third-order valence-electron chi connectivity index (χ3n) is 5.06. The molecule has 0 bridgehead atoms. The number of carbonyl (C=O) groups is 1. The maximum atomic E-state index is 12.8. The molecule has 1 fully saturated rings. The number of hydrogen-bond donors (Lipinski definition) is 0. The van der Waals surface area contributed by atoms with E-state index in [1.807, 2.05) is 0 Å². The Morgan fingerprint density at radius 3 is 2.48 bits per heavy atom. The molecule has 0 N–H and O–H groups in total. The van der Waals surface area contributed by atoms with Gasteiger partial charge in [0.2, 0.25) is 15.9 Å². The Bertz CT molecular complexity index is 1010. The first-order chi connectivity index (χ1) is 14.6.